The predicted molar refractivity (Wildman–Crippen MR) is 77.9 cm³/mol. The lowest BCUT2D eigenvalue weighted by Crippen LogP contribution is -2.62. The molecule has 1 aromatic heterocycles. The number of hydrogen-bond acceptors (Lipinski definition) is 3. The zero-order chi connectivity index (χ0) is 13.1. The highest BCUT2D eigenvalue weighted by molar-refractivity contribution is 5.06. The molecular formula is C16H25N3. The van der Waals surface area contributed by atoms with Gasteiger partial charge in [-0.3, -0.25) is 9.88 Å². The first-order chi connectivity index (χ1) is 9.31. The predicted octanol–water partition coefficient (Wildman–Crippen LogP) is 2.58. The molecule has 1 atom stereocenters. The SMILES string of the molecule is CCC1CNC2(CCCC2)CN1Cc1ccccn1. The summed E-state index contributed by atoms with van der Waals surface area (Å²) in [6, 6.07) is 6.90. The number of pyridine rings is 1. The van der Waals surface area contributed by atoms with E-state index in [0.717, 1.165) is 13.1 Å². The van der Waals surface area contributed by atoms with Gasteiger partial charge < -0.3 is 5.32 Å². The largest absolute Gasteiger partial charge is 0.308 e. The average molecular weight is 259 g/mol. The van der Waals surface area contributed by atoms with Gasteiger partial charge in [-0.15, -0.1) is 0 Å². The quantitative estimate of drug-likeness (QED) is 0.904. The number of nitrogens with one attached hydrogen (secondary N) is 1. The summed E-state index contributed by atoms with van der Waals surface area (Å²) in [6.45, 7) is 5.64. The highest BCUT2D eigenvalue weighted by Crippen LogP contribution is 2.34. The molecule has 1 spiro atoms. The van der Waals surface area contributed by atoms with E-state index in [1.807, 2.05) is 12.3 Å². The third-order valence-corrected chi connectivity index (χ3v) is 4.86. The first-order valence-electron chi connectivity index (χ1n) is 7.70. The number of piperazine rings is 1. The third-order valence-electron chi connectivity index (χ3n) is 4.86. The second-order valence-corrected chi connectivity index (χ2v) is 6.16. The molecule has 0 aromatic carbocycles. The van der Waals surface area contributed by atoms with Gasteiger partial charge >= 0.3 is 0 Å². The monoisotopic (exact) mass is 259 g/mol. The van der Waals surface area contributed by atoms with Crippen LogP contribution in [0.4, 0.5) is 0 Å². The van der Waals surface area contributed by atoms with E-state index in [2.05, 4.69) is 34.3 Å². The molecule has 3 heteroatoms. The number of rotatable bonds is 3. The van der Waals surface area contributed by atoms with E-state index in [0.29, 0.717) is 11.6 Å². The minimum atomic E-state index is 0.403. The van der Waals surface area contributed by atoms with Gasteiger partial charge in [-0.2, -0.15) is 0 Å². The van der Waals surface area contributed by atoms with Gasteiger partial charge in [0.1, 0.15) is 0 Å². The van der Waals surface area contributed by atoms with Crippen LogP contribution in [0.1, 0.15) is 44.7 Å². The summed E-state index contributed by atoms with van der Waals surface area (Å²) in [4.78, 5) is 7.15. The number of hydrogen-bond donors (Lipinski definition) is 1. The fraction of sp³-hybridized carbons (Fsp3) is 0.688. The van der Waals surface area contributed by atoms with Gasteiger partial charge in [-0.05, 0) is 31.4 Å². The molecule has 1 aliphatic heterocycles. The Morgan fingerprint density at radius 1 is 1.37 bits per heavy atom. The molecule has 1 aromatic rings. The van der Waals surface area contributed by atoms with Gasteiger partial charge in [0.05, 0.1) is 5.69 Å². The minimum absolute atomic E-state index is 0.403. The molecule has 0 bridgehead atoms. The summed E-state index contributed by atoms with van der Waals surface area (Å²) >= 11 is 0. The summed E-state index contributed by atoms with van der Waals surface area (Å²) in [5.74, 6) is 0. The molecule has 2 fully saturated rings. The molecule has 2 heterocycles. The molecule has 1 saturated carbocycles. The highest BCUT2D eigenvalue weighted by atomic mass is 15.3. The average Bonchev–Trinajstić information content (AvgIpc) is 2.88. The molecule has 3 rings (SSSR count). The maximum atomic E-state index is 4.49. The van der Waals surface area contributed by atoms with Crippen LogP contribution in [-0.2, 0) is 6.54 Å². The van der Waals surface area contributed by atoms with Crippen molar-refractivity contribution in [2.75, 3.05) is 13.1 Å². The maximum absolute atomic E-state index is 4.49. The summed E-state index contributed by atoms with van der Waals surface area (Å²) in [7, 11) is 0. The van der Waals surface area contributed by atoms with E-state index in [9.17, 15) is 0 Å². The molecule has 1 N–H and O–H groups in total. The molecule has 19 heavy (non-hydrogen) atoms. The summed E-state index contributed by atoms with van der Waals surface area (Å²) in [6.07, 6.45) is 8.60. The van der Waals surface area contributed by atoms with E-state index in [1.54, 1.807) is 0 Å². The van der Waals surface area contributed by atoms with Crippen molar-refractivity contribution in [1.29, 1.82) is 0 Å². The van der Waals surface area contributed by atoms with Crippen molar-refractivity contribution in [3.63, 3.8) is 0 Å². The lowest BCUT2D eigenvalue weighted by atomic mass is 9.91. The molecular weight excluding hydrogens is 234 g/mol. The molecule has 104 valence electrons. The van der Waals surface area contributed by atoms with Crippen molar-refractivity contribution in [2.24, 2.45) is 0 Å². The molecule has 0 radical (unpaired) electrons. The van der Waals surface area contributed by atoms with E-state index in [-0.39, 0.29) is 0 Å². The van der Waals surface area contributed by atoms with Crippen LogP contribution in [0.25, 0.3) is 0 Å². The van der Waals surface area contributed by atoms with Gasteiger partial charge in [0.2, 0.25) is 0 Å². The number of nitrogens with zero attached hydrogens (tertiary/aromatic N) is 2. The molecule has 2 aliphatic rings. The fourth-order valence-electron chi connectivity index (χ4n) is 3.71. The third kappa shape index (κ3) is 2.82. The number of aromatic nitrogens is 1. The van der Waals surface area contributed by atoms with Gasteiger partial charge in [-0.1, -0.05) is 25.8 Å². The van der Waals surface area contributed by atoms with Crippen molar-refractivity contribution >= 4 is 0 Å². The Bertz CT molecular complexity index is 398. The normalized spacial score (nSPS) is 26.9. The van der Waals surface area contributed by atoms with Crippen molar-refractivity contribution in [3.8, 4) is 0 Å². The first kappa shape index (κ1) is 13.1. The van der Waals surface area contributed by atoms with Crippen LogP contribution in [-0.4, -0.2) is 34.6 Å². The minimum Gasteiger partial charge on any atom is -0.308 e. The topological polar surface area (TPSA) is 28.2 Å². The van der Waals surface area contributed by atoms with E-state index < -0.39 is 0 Å². The molecule has 1 unspecified atom stereocenters. The Morgan fingerprint density at radius 3 is 2.89 bits per heavy atom. The van der Waals surface area contributed by atoms with Gasteiger partial charge in [0.15, 0.2) is 0 Å². The molecule has 3 nitrogen and oxygen atoms in total. The maximum Gasteiger partial charge on any atom is 0.0544 e. The zero-order valence-electron chi connectivity index (χ0n) is 11.9. The van der Waals surface area contributed by atoms with Crippen LogP contribution in [0.5, 0.6) is 0 Å². The van der Waals surface area contributed by atoms with Crippen molar-refractivity contribution in [1.82, 2.24) is 15.2 Å². The highest BCUT2D eigenvalue weighted by Gasteiger charge is 2.40. The summed E-state index contributed by atoms with van der Waals surface area (Å²) in [5, 5.41) is 3.85. The van der Waals surface area contributed by atoms with Crippen LogP contribution in [0, 0.1) is 0 Å². The van der Waals surface area contributed by atoms with Crippen molar-refractivity contribution < 1.29 is 0 Å². The zero-order valence-corrected chi connectivity index (χ0v) is 11.9. The van der Waals surface area contributed by atoms with Crippen LogP contribution in [0.2, 0.25) is 0 Å². The Morgan fingerprint density at radius 2 is 2.21 bits per heavy atom. The fourth-order valence-corrected chi connectivity index (χ4v) is 3.71. The summed E-state index contributed by atoms with van der Waals surface area (Å²) < 4.78 is 0. The second kappa shape index (κ2) is 5.59. The first-order valence-corrected chi connectivity index (χ1v) is 7.70. The molecule has 1 aliphatic carbocycles. The smallest absolute Gasteiger partial charge is 0.0544 e. The van der Waals surface area contributed by atoms with Crippen LogP contribution < -0.4 is 5.32 Å². The Kier molecular flexibility index (Phi) is 3.85. The molecule has 1 saturated heterocycles. The Balaban J connectivity index is 1.72. The lowest BCUT2D eigenvalue weighted by Gasteiger charge is -2.46. The van der Waals surface area contributed by atoms with Crippen molar-refractivity contribution in [3.05, 3.63) is 30.1 Å². The standard InChI is InChI=1S/C16H25N3/c1-2-15-11-18-16(8-4-5-9-16)13-19(15)12-14-7-3-6-10-17-14/h3,6-7,10,15,18H,2,4-5,8-9,11-13H2,1H3. The van der Waals surface area contributed by atoms with E-state index >= 15 is 0 Å². The molecule has 0 amide bonds. The summed E-state index contributed by atoms with van der Waals surface area (Å²) in [5.41, 5.74) is 1.61. The van der Waals surface area contributed by atoms with Gasteiger partial charge in [0, 0.05) is 37.4 Å². The lowest BCUT2D eigenvalue weighted by molar-refractivity contribution is 0.0708. The van der Waals surface area contributed by atoms with Gasteiger partial charge in [0.25, 0.3) is 0 Å². The van der Waals surface area contributed by atoms with E-state index in [4.69, 9.17) is 0 Å². The Labute approximate surface area is 116 Å². The second-order valence-electron chi connectivity index (χ2n) is 6.16. The van der Waals surface area contributed by atoms with E-state index in [1.165, 1.54) is 44.3 Å². The van der Waals surface area contributed by atoms with Crippen molar-refractivity contribution in [2.45, 2.75) is 57.2 Å². The Hall–Kier alpha value is -0.930. The van der Waals surface area contributed by atoms with Crippen LogP contribution >= 0.6 is 0 Å². The van der Waals surface area contributed by atoms with Gasteiger partial charge in [-0.25, -0.2) is 0 Å². The van der Waals surface area contributed by atoms with Crippen LogP contribution in [0.3, 0.4) is 0 Å². The van der Waals surface area contributed by atoms with Crippen LogP contribution in [0.15, 0.2) is 24.4 Å².